The Hall–Kier alpha value is -2.86. The first-order valence-corrected chi connectivity index (χ1v) is 7.05. The molecule has 7 heteroatoms. The summed E-state index contributed by atoms with van der Waals surface area (Å²) in [7, 11) is 1.62. The van der Waals surface area contributed by atoms with Crippen molar-refractivity contribution in [3.8, 4) is 11.5 Å². The number of fused-ring (bicyclic) bond motifs is 1. The summed E-state index contributed by atoms with van der Waals surface area (Å²) in [6.45, 7) is 0. The molecular formula is C16H11ClN2O4. The Kier molecular flexibility index (Phi) is 3.75. The average molecular weight is 331 g/mol. The maximum atomic E-state index is 12.2. The Balaban J connectivity index is 2.09. The minimum absolute atomic E-state index is 0.0225. The number of hydrogen-bond donors (Lipinski definition) is 0. The molecule has 0 radical (unpaired) electrons. The Morgan fingerprint density at radius 3 is 2.48 bits per heavy atom. The quantitative estimate of drug-likeness (QED) is 0.539. The maximum absolute atomic E-state index is 12.2. The molecule has 0 unspecified atom stereocenters. The summed E-state index contributed by atoms with van der Waals surface area (Å²) in [4.78, 5) is 22.3. The lowest BCUT2D eigenvalue weighted by molar-refractivity contribution is -0.384. The van der Waals surface area contributed by atoms with Crippen molar-refractivity contribution in [2.24, 2.45) is 7.05 Å². The topological polar surface area (TPSA) is 74.4 Å². The van der Waals surface area contributed by atoms with Crippen LogP contribution in [0, 0.1) is 10.1 Å². The highest BCUT2D eigenvalue weighted by molar-refractivity contribution is 6.31. The third-order valence-corrected chi connectivity index (χ3v) is 3.62. The number of pyridine rings is 1. The third-order valence-electron chi connectivity index (χ3n) is 3.38. The smallest absolute Gasteiger partial charge is 0.269 e. The standard InChI is InChI=1S/C16H11ClN2O4/c1-18-9-15(14-8-10(17)2-7-13(14)16(18)20)23-12-5-3-11(4-6-12)19(21)22/h2-9H,1H3. The van der Waals surface area contributed by atoms with Crippen molar-refractivity contribution in [2.45, 2.75) is 0 Å². The Morgan fingerprint density at radius 1 is 1.13 bits per heavy atom. The molecule has 0 saturated heterocycles. The van der Waals surface area contributed by atoms with Crippen molar-refractivity contribution < 1.29 is 9.66 Å². The fourth-order valence-electron chi connectivity index (χ4n) is 2.25. The molecular weight excluding hydrogens is 320 g/mol. The first kappa shape index (κ1) is 15.1. The van der Waals surface area contributed by atoms with Gasteiger partial charge in [-0.05, 0) is 30.3 Å². The minimum Gasteiger partial charge on any atom is -0.455 e. The predicted octanol–water partition coefficient (Wildman–Crippen LogP) is 3.89. The van der Waals surface area contributed by atoms with E-state index in [1.807, 2.05) is 0 Å². The number of rotatable bonds is 3. The number of aromatic nitrogens is 1. The first-order chi connectivity index (χ1) is 11.0. The molecule has 0 saturated carbocycles. The van der Waals surface area contributed by atoms with E-state index in [-0.39, 0.29) is 11.2 Å². The van der Waals surface area contributed by atoms with Gasteiger partial charge >= 0.3 is 0 Å². The SMILES string of the molecule is Cn1cc(Oc2ccc([N+](=O)[O-])cc2)c2cc(Cl)ccc2c1=O. The number of nitro groups is 1. The van der Waals surface area contributed by atoms with Gasteiger partial charge in [0.2, 0.25) is 0 Å². The van der Waals surface area contributed by atoms with Gasteiger partial charge < -0.3 is 9.30 Å². The lowest BCUT2D eigenvalue weighted by Gasteiger charge is -2.11. The van der Waals surface area contributed by atoms with Gasteiger partial charge in [0.25, 0.3) is 11.2 Å². The van der Waals surface area contributed by atoms with Gasteiger partial charge in [-0.25, -0.2) is 0 Å². The van der Waals surface area contributed by atoms with Crippen molar-refractivity contribution >= 4 is 28.1 Å². The van der Waals surface area contributed by atoms with Crippen molar-refractivity contribution in [2.75, 3.05) is 0 Å². The zero-order chi connectivity index (χ0) is 16.6. The van der Waals surface area contributed by atoms with Gasteiger partial charge in [-0.2, -0.15) is 0 Å². The molecule has 0 fully saturated rings. The van der Waals surface area contributed by atoms with Crippen molar-refractivity contribution in [3.05, 3.63) is 74.2 Å². The highest BCUT2D eigenvalue weighted by Gasteiger charge is 2.11. The van der Waals surface area contributed by atoms with E-state index in [0.29, 0.717) is 27.3 Å². The summed E-state index contributed by atoms with van der Waals surface area (Å²) in [6, 6.07) is 10.6. The second-order valence-electron chi connectivity index (χ2n) is 4.95. The molecule has 0 aliphatic rings. The molecule has 0 amide bonds. The van der Waals surface area contributed by atoms with Crippen LogP contribution in [0.2, 0.25) is 5.02 Å². The Bertz CT molecular complexity index is 964. The highest BCUT2D eigenvalue weighted by atomic mass is 35.5. The molecule has 0 bridgehead atoms. The van der Waals surface area contributed by atoms with Crippen LogP contribution in [0.25, 0.3) is 10.8 Å². The van der Waals surface area contributed by atoms with Gasteiger partial charge in [0.15, 0.2) is 5.75 Å². The molecule has 0 atom stereocenters. The van der Waals surface area contributed by atoms with Crippen molar-refractivity contribution in [3.63, 3.8) is 0 Å². The zero-order valence-electron chi connectivity index (χ0n) is 12.0. The summed E-state index contributed by atoms with van der Waals surface area (Å²) in [5, 5.41) is 12.2. The molecule has 116 valence electrons. The molecule has 3 aromatic rings. The highest BCUT2D eigenvalue weighted by Crippen LogP contribution is 2.30. The Morgan fingerprint density at radius 2 is 1.83 bits per heavy atom. The lowest BCUT2D eigenvalue weighted by Crippen LogP contribution is -2.16. The fraction of sp³-hybridized carbons (Fsp3) is 0.0625. The molecule has 0 N–H and O–H groups in total. The van der Waals surface area contributed by atoms with Crippen LogP contribution in [-0.2, 0) is 7.05 Å². The predicted molar refractivity (Wildman–Crippen MR) is 87.4 cm³/mol. The maximum Gasteiger partial charge on any atom is 0.269 e. The number of benzene rings is 2. The van der Waals surface area contributed by atoms with Gasteiger partial charge in [-0.15, -0.1) is 0 Å². The van der Waals surface area contributed by atoms with Gasteiger partial charge in [-0.3, -0.25) is 14.9 Å². The van der Waals surface area contributed by atoms with Crippen LogP contribution in [0.4, 0.5) is 5.69 Å². The van der Waals surface area contributed by atoms with E-state index in [9.17, 15) is 14.9 Å². The van der Waals surface area contributed by atoms with Crippen LogP contribution in [0.3, 0.4) is 0 Å². The summed E-state index contributed by atoms with van der Waals surface area (Å²) in [5.74, 6) is 0.869. The molecule has 23 heavy (non-hydrogen) atoms. The van der Waals surface area contributed by atoms with E-state index in [1.165, 1.54) is 28.8 Å². The van der Waals surface area contributed by atoms with Crippen molar-refractivity contribution in [1.82, 2.24) is 4.57 Å². The number of nitro benzene ring substituents is 1. The van der Waals surface area contributed by atoms with Crippen LogP contribution in [-0.4, -0.2) is 9.49 Å². The summed E-state index contributed by atoms with van der Waals surface area (Å²) in [6.07, 6.45) is 1.56. The number of nitrogens with zero attached hydrogens (tertiary/aromatic N) is 2. The normalized spacial score (nSPS) is 10.7. The van der Waals surface area contributed by atoms with E-state index < -0.39 is 4.92 Å². The lowest BCUT2D eigenvalue weighted by atomic mass is 10.1. The van der Waals surface area contributed by atoms with Crippen LogP contribution in [0.5, 0.6) is 11.5 Å². The van der Waals surface area contributed by atoms with E-state index >= 15 is 0 Å². The summed E-state index contributed by atoms with van der Waals surface area (Å²) >= 11 is 6.00. The average Bonchev–Trinajstić information content (AvgIpc) is 2.53. The van der Waals surface area contributed by atoms with E-state index in [2.05, 4.69) is 0 Å². The van der Waals surface area contributed by atoms with Gasteiger partial charge in [-0.1, -0.05) is 11.6 Å². The molecule has 0 aliphatic heterocycles. The monoisotopic (exact) mass is 330 g/mol. The van der Waals surface area contributed by atoms with Gasteiger partial charge in [0.1, 0.15) is 5.75 Å². The third kappa shape index (κ3) is 2.89. The molecule has 6 nitrogen and oxygen atoms in total. The van der Waals surface area contributed by atoms with E-state index in [0.717, 1.165) is 0 Å². The molecule has 0 spiro atoms. The van der Waals surface area contributed by atoms with Crippen molar-refractivity contribution in [1.29, 1.82) is 0 Å². The molecule has 2 aromatic carbocycles. The first-order valence-electron chi connectivity index (χ1n) is 6.67. The molecule has 0 aliphatic carbocycles. The summed E-state index contributed by atoms with van der Waals surface area (Å²) < 4.78 is 7.19. The number of aryl methyl sites for hydroxylation is 1. The van der Waals surface area contributed by atoms with Crippen LogP contribution < -0.4 is 10.3 Å². The molecule has 1 aromatic heterocycles. The number of halogens is 1. The number of hydrogen-bond acceptors (Lipinski definition) is 4. The molecule has 3 rings (SSSR count). The molecule has 1 heterocycles. The van der Waals surface area contributed by atoms with Crippen LogP contribution in [0.1, 0.15) is 0 Å². The zero-order valence-corrected chi connectivity index (χ0v) is 12.8. The largest absolute Gasteiger partial charge is 0.455 e. The van der Waals surface area contributed by atoms with Crippen LogP contribution in [0.15, 0.2) is 53.5 Å². The Labute approximate surface area is 135 Å². The van der Waals surface area contributed by atoms with E-state index in [4.69, 9.17) is 16.3 Å². The summed E-state index contributed by atoms with van der Waals surface area (Å²) in [5.41, 5.74) is -0.182. The van der Waals surface area contributed by atoms with E-state index in [1.54, 1.807) is 31.4 Å². The fourth-order valence-corrected chi connectivity index (χ4v) is 2.42. The van der Waals surface area contributed by atoms with Gasteiger partial charge in [0, 0.05) is 29.6 Å². The second kappa shape index (κ2) is 5.73. The van der Waals surface area contributed by atoms with Gasteiger partial charge in [0.05, 0.1) is 16.5 Å². The number of ether oxygens (including phenoxy) is 1. The minimum atomic E-state index is -0.481. The second-order valence-corrected chi connectivity index (χ2v) is 5.39. The van der Waals surface area contributed by atoms with Crippen LogP contribution >= 0.6 is 11.6 Å². The number of non-ortho nitro benzene ring substituents is 1.